The van der Waals surface area contributed by atoms with Crippen LogP contribution in [0.25, 0.3) is 87.0 Å². The fourth-order valence-corrected chi connectivity index (χ4v) is 10.7. The number of aromatic nitrogens is 2. The van der Waals surface area contributed by atoms with Crippen molar-refractivity contribution in [1.29, 1.82) is 0 Å². The summed E-state index contributed by atoms with van der Waals surface area (Å²) in [5.74, 6) is 0.781. The molecule has 0 aliphatic heterocycles. The van der Waals surface area contributed by atoms with E-state index in [1.165, 1.54) is 64.7 Å². The molecule has 4 heteroatoms. The highest BCUT2D eigenvalue weighted by Crippen LogP contribution is 2.53. The van der Waals surface area contributed by atoms with Crippen LogP contribution in [0.15, 0.2) is 156 Å². The van der Waals surface area contributed by atoms with E-state index in [4.69, 9.17) is 14.4 Å². The van der Waals surface area contributed by atoms with Gasteiger partial charge in [0.2, 0.25) is 0 Å². The average Bonchev–Trinajstić information content (AvgIpc) is 3.87. The van der Waals surface area contributed by atoms with Gasteiger partial charge in [-0.2, -0.15) is 0 Å². The Labute approximate surface area is 322 Å². The maximum Gasteiger partial charge on any atom is 0.160 e. The first-order chi connectivity index (χ1) is 27.0. The summed E-state index contributed by atoms with van der Waals surface area (Å²) >= 11 is 1.83. The third-order valence-corrected chi connectivity index (χ3v) is 13.4. The normalized spacial score (nSPS) is 15.3. The predicted octanol–water partition coefficient (Wildman–Crippen LogP) is 13.7. The Balaban J connectivity index is 1.09. The minimum absolute atomic E-state index is 0.0418. The Bertz CT molecular complexity index is 3240. The highest BCUT2D eigenvalue weighted by atomic mass is 32.1. The lowest BCUT2D eigenvalue weighted by Crippen LogP contribution is -2.18. The summed E-state index contributed by atoms with van der Waals surface area (Å²) in [6.45, 7) is 4.74. The molecule has 12 rings (SSSR count). The van der Waals surface area contributed by atoms with E-state index < -0.39 is 0 Å². The van der Waals surface area contributed by atoms with Gasteiger partial charge in [-0.1, -0.05) is 117 Å². The predicted molar refractivity (Wildman–Crippen MR) is 228 cm³/mol. The second-order valence-corrected chi connectivity index (χ2v) is 16.7. The molecule has 10 aromatic rings. The number of nitrogens with zero attached hydrogens (tertiary/aromatic N) is 2. The van der Waals surface area contributed by atoms with Gasteiger partial charge in [0.15, 0.2) is 5.82 Å². The van der Waals surface area contributed by atoms with Gasteiger partial charge in [-0.3, -0.25) is 0 Å². The number of benzene rings is 7. The minimum atomic E-state index is -0.0702. The summed E-state index contributed by atoms with van der Waals surface area (Å²) < 4.78 is 8.94. The van der Waals surface area contributed by atoms with Crippen LogP contribution >= 0.6 is 11.3 Å². The van der Waals surface area contributed by atoms with E-state index in [0.29, 0.717) is 0 Å². The van der Waals surface area contributed by atoms with Gasteiger partial charge in [0, 0.05) is 53.4 Å². The Hall–Kier alpha value is -6.36. The van der Waals surface area contributed by atoms with Gasteiger partial charge in [-0.25, -0.2) is 9.97 Å². The summed E-state index contributed by atoms with van der Waals surface area (Å²) in [7, 11) is 0. The third-order valence-electron chi connectivity index (χ3n) is 12.3. The van der Waals surface area contributed by atoms with Crippen LogP contribution in [0.5, 0.6) is 0 Å². The zero-order valence-electron chi connectivity index (χ0n) is 30.4. The molecule has 260 valence electrons. The van der Waals surface area contributed by atoms with Gasteiger partial charge >= 0.3 is 0 Å². The van der Waals surface area contributed by atoms with Crippen LogP contribution < -0.4 is 0 Å². The van der Waals surface area contributed by atoms with Gasteiger partial charge in [-0.05, 0) is 99.5 Å². The molecular weight excluding hydrogens is 689 g/mol. The van der Waals surface area contributed by atoms with Crippen LogP contribution in [0.1, 0.15) is 47.7 Å². The molecule has 0 saturated carbocycles. The summed E-state index contributed by atoms with van der Waals surface area (Å²) in [5.41, 5.74) is 16.5. The highest BCUT2D eigenvalue weighted by molar-refractivity contribution is 7.25. The lowest BCUT2D eigenvalue weighted by Gasteiger charge is -2.30. The molecule has 55 heavy (non-hydrogen) atoms. The first-order valence-electron chi connectivity index (χ1n) is 19.1. The van der Waals surface area contributed by atoms with E-state index in [1.54, 1.807) is 0 Å². The molecule has 1 unspecified atom stereocenters. The van der Waals surface area contributed by atoms with Crippen LogP contribution in [0.3, 0.4) is 0 Å². The maximum atomic E-state index is 6.38. The van der Waals surface area contributed by atoms with Crippen molar-refractivity contribution in [2.45, 2.75) is 31.6 Å². The third kappa shape index (κ3) is 4.49. The van der Waals surface area contributed by atoms with Crippen LogP contribution in [0, 0.1) is 0 Å². The summed E-state index contributed by atoms with van der Waals surface area (Å²) in [5, 5.41) is 4.69. The second kappa shape index (κ2) is 11.3. The molecule has 2 aliphatic rings. The van der Waals surface area contributed by atoms with Gasteiger partial charge in [0.1, 0.15) is 11.2 Å². The molecule has 3 nitrogen and oxygen atoms in total. The number of para-hydroxylation sites is 1. The average molecular weight is 723 g/mol. The molecule has 0 fully saturated rings. The summed E-state index contributed by atoms with van der Waals surface area (Å²) in [6.07, 6.45) is 0.856. The Kier molecular flexibility index (Phi) is 6.39. The molecule has 0 N–H and O–H groups in total. The lowest BCUT2D eigenvalue weighted by atomic mass is 9.74. The molecule has 0 radical (unpaired) electrons. The van der Waals surface area contributed by atoms with Crippen molar-refractivity contribution < 1.29 is 4.42 Å². The highest BCUT2D eigenvalue weighted by Gasteiger charge is 2.38. The zero-order chi connectivity index (χ0) is 36.4. The topological polar surface area (TPSA) is 38.9 Å². The number of rotatable bonds is 3. The number of hydrogen-bond donors (Lipinski definition) is 0. The van der Waals surface area contributed by atoms with E-state index in [-0.39, 0.29) is 11.3 Å². The van der Waals surface area contributed by atoms with Gasteiger partial charge in [0.05, 0.1) is 11.4 Å². The van der Waals surface area contributed by atoms with Crippen molar-refractivity contribution in [3.05, 3.63) is 180 Å². The molecule has 1 atom stereocenters. The summed E-state index contributed by atoms with van der Waals surface area (Å²) in [4.78, 5) is 10.9. The van der Waals surface area contributed by atoms with Crippen molar-refractivity contribution in [2.75, 3.05) is 0 Å². The molecule has 2 aliphatic carbocycles. The van der Waals surface area contributed by atoms with Crippen molar-refractivity contribution in [3.8, 4) is 44.9 Å². The van der Waals surface area contributed by atoms with Crippen molar-refractivity contribution >= 4 is 53.4 Å². The number of furan rings is 1. The number of hydrogen-bond acceptors (Lipinski definition) is 4. The smallest absolute Gasteiger partial charge is 0.160 e. The maximum absolute atomic E-state index is 6.38. The van der Waals surface area contributed by atoms with Crippen LogP contribution in [-0.2, 0) is 11.8 Å². The fraction of sp³-hybridized carbons (Fsp3) is 0.0980. The van der Waals surface area contributed by atoms with Crippen molar-refractivity contribution in [1.82, 2.24) is 9.97 Å². The van der Waals surface area contributed by atoms with Crippen LogP contribution in [-0.4, -0.2) is 9.97 Å². The minimum Gasteiger partial charge on any atom is -0.456 e. The molecule has 3 heterocycles. The van der Waals surface area contributed by atoms with Gasteiger partial charge < -0.3 is 4.42 Å². The fourth-order valence-electron chi connectivity index (χ4n) is 9.62. The van der Waals surface area contributed by atoms with E-state index in [2.05, 4.69) is 153 Å². The van der Waals surface area contributed by atoms with Crippen LogP contribution in [0.4, 0.5) is 0 Å². The van der Waals surface area contributed by atoms with E-state index in [1.807, 2.05) is 23.5 Å². The molecule has 0 spiro atoms. The Morgan fingerprint density at radius 3 is 2.24 bits per heavy atom. The van der Waals surface area contributed by atoms with Crippen LogP contribution in [0.2, 0.25) is 0 Å². The molecular formula is C51H34N2OS. The van der Waals surface area contributed by atoms with Gasteiger partial charge in [0.25, 0.3) is 0 Å². The van der Waals surface area contributed by atoms with E-state index in [9.17, 15) is 0 Å². The standard InChI is InChI=1S/C51H34N2OS/c1-51(2)41-18-8-5-14-33(41)38-27-37-30(26-42(38)51)25-39(32-13-4-3-12-31(32)37)44-28-43(35-17-11-20-46-49(35)36-16-6-9-19-45(36)54-46)52-50(53-44)29-22-23-48-40(24-29)34-15-7-10-21-47(34)55-48/h3-24,26-28,39H,25H2,1-2H3. The largest absolute Gasteiger partial charge is 0.456 e. The van der Waals surface area contributed by atoms with Crippen molar-refractivity contribution in [2.24, 2.45) is 0 Å². The monoisotopic (exact) mass is 722 g/mol. The van der Waals surface area contributed by atoms with E-state index in [0.717, 1.165) is 56.7 Å². The number of thiophene rings is 1. The first-order valence-corrected chi connectivity index (χ1v) is 19.9. The Morgan fingerprint density at radius 1 is 0.564 bits per heavy atom. The molecule has 7 aromatic carbocycles. The van der Waals surface area contributed by atoms with Gasteiger partial charge in [-0.15, -0.1) is 11.3 Å². The molecule has 0 saturated heterocycles. The van der Waals surface area contributed by atoms with E-state index >= 15 is 0 Å². The SMILES string of the molecule is CC1(C)c2ccccc2-c2cc3c(cc21)CC(c1cc(-c2cccc4oc5ccccc5c24)nc(-c2ccc4sc5ccccc5c4c2)n1)c1ccccc1-3. The first kappa shape index (κ1) is 31.0. The molecule has 0 bridgehead atoms. The number of fused-ring (bicyclic) bond motifs is 12. The van der Waals surface area contributed by atoms with Crippen molar-refractivity contribution in [3.63, 3.8) is 0 Å². The Morgan fingerprint density at radius 2 is 1.31 bits per heavy atom. The quantitative estimate of drug-likeness (QED) is 0.182. The zero-order valence-corrected chi connectivity index (χ0v) is 31.2. The molecule has 0 amide bonds. The lowest BCUT2D eigenvalue weighted by molar-refractivity contribution is 0.657. The summed E-state index contributed by atoms with van der Waals surface area (Å²) in [6, 6.07) is 55.1. The second-order valence-electron chi connectivity index (χ2n) is 15.7. The molecule has 3 aromatic heterocycles.